The van der Waals surface area contributed by atoms with Crippen LogP contribution >= 0.6 is 0 Å². The summed E-state index contributed by atoms with van der Waals surface area (Å²) in [5.74, 6) is 0. The smallest absolute Gasteiger partial charge is 0.237 e. The monoisotopic (exact) mass is 168 g/mol. The molecular weight excluding hydrogens is 156 g/mol. The molecule has 6 heteroatoms. The summed E-state index contributed by atoms with van der Waals surface area (Å²) in [5, 5.41) is 13.4. The van der Waals surface area contributed by atoms with E-state index < -0.39 is 15.5 Å². The largest absolute Gasteiger partial charge is 0.375 e. The number of sulfonamides is 1. The van der Waals surface area contributed by atoms with Gasteiger partial charge in [0.1, 0.15) is 0 Å². The highest BCUT2D eigenvalue weighted by Gasteiger charge is 2.17. The van der Waals surface area contributed by atoms with Crippen molar-refractivity contribution in [2.24, 2.45) is 5.14 Å². The van der Waals surface area contributed by atoms with Crippen molar-refractivity contribution < 1.29 is 13.5 Å². The van der Waals surface area contributed by atoms with Crippen LogP contribution in [0, 0.1) is 0 Å². The third-order valence-electron chi connectivity index (χ3n) is 0.901. The maximum atomic E-state index is 10.4. The fraction of sp³-hybridized carbons (Fsp3) is 1.00. The van der Waals surface area contributed by atoms with Crippen molar-refractivity contribution in [3.63, 3.8) is 0 Å². The minimum absolute atomic E-state index is 0.0266. The number of primary sulfonamides is 1. The fourth-order valence-electron chi connectivity index (χ4n) is 0.416. The quantitative estimate of drug-likeness (QED) is 0.518. The molecule has 5 nitrogen and oxygen atoms in total. The second-order valence-electron chi connectivity index (χ2n) is 2.31. The van der Waals surface area contributed by atoms with Crippen molar-refractivity contribution in [3.8, 4) is 0 Å². The highest BCUT2D eigenvalue weighted by atomic mass is 32.2. The van der Waals surface area contributed by atoms with Gasteiger partial charge in [-0.15, -0.1) is 0 Å². The molecule has 0 heterocycles. The van der Waals surface area contributed by atoms with E-state index in [0.717, 1.165) is 0 Å². The standard InChI is InChI=1S/C4H12N2O3S/c1-6(2)3-4(7)10(5,8)9/h4,7H,3H2,1-2H3,(H2,5,8,9). The van der Waals surface area contributed by atoms with Crippen LogP contribution < -0.4 is 5.14 Å². The van der Waals surface area contributed by atoms with E-state index in [2.05, 4.69) is 5.14 Å². The Morgan fingerprint density at radius 2 is 2.00 bits per heavy atom. The lowest BCUT2D eigenvalue weighted by molar-refractivity contribution is 0.201. The number of nitrogens with zero attached hydrogens (tertiary/aromatic N) is 1. The minimum Gasteiger partial charge on any atom is -0.375 e. The lowest BCUT2D eigenvalue weighted by Crippen LogP contribution is -2.36. The molecule has 62 valence electrons. The Morgan fingerprint density at radius 1 is 1.60 bits per heavy atom. The maximum Gasteiger partial charge on any atom is 0.237 e. The summed E-state index contributed by atoms with van der Waals surface area (Å²) in [7, 11) is -0.490. The Kier molecular flexibility index (Phi) is 3.23. The fourth-order valence-corrected chi connectivity index (χ4v) is 0.922. The average molecular weight is 168 g/mol. The zero-order valence-corrected chi connectivity index (χ0v) is 6.80. The van der Waals surface area contributed by atoms with Crippen molar-refractivity contribution >= 4 is 10.0 Å². The Hall–Kier alpha value is -0.170. The molecule has 0 aliphatic carbocycles. The van der Waals surface area contributed by atoms with E-state index in [1.54, 1.807) is 14.1 Å². The maximum absolute atomic E-state index is 10.4. The molecule has 0 aliphatic heterocycles. The van der Waals surface area contributed by atoms with Crippen LogP contribution in [0.1, 0.15) is 0 Å². The number of aliphatic hydroxyl groups is 1. The number of aliphatic hydroxyl groups excluding tert-OH is 1. The zero-order valence-electron chi connectivity index (χ0n) is 5.98. The molecule has 0 aromatic rings. The first-order valence-corrected chi connectivity index (χ1v) is 4.29. The molecule has 0 radical (unpaired) electrons. The van der Waals surface area contributed by atoms with E-state index in [9.17, 15) is 8.42 Å². The average Bonchev–Trinajstić information content (AvgIpc) is 1.60. The van der Waals surface area contributed by atoms with Gasteiger partial charge in [-0.1, -0.05) is 0 Å². The van der Waals surface area contributed by atoms with Gasteiger partial charge in [-0.3, -0.25) is 0 Å². The Balaban J connectivity index is 3.99. The van der Waals surface area contributed by atoms with Gasteiger partial charge in [-0.2, -0.15) is 0 Å². The summed E-state index contributed by atoms with van der Waals surface area (Å²) in [6, 6.07) is 0. The molecule has 0 aromatic carbocycles. The third kappa shape index (κ3) is 3.78. The third-order valence-corrected chi connectivity index (χ3v) is 1.81. The zero-order chi connectivity index (χ0) is 8.36. The molecule has 1 atom stereocenters. The predicted molar refractivity (Wildman–Crippen MR) is 37.7 cm³/mol. The summed E-state index contributed by atoms with van der Waals surface area (Å²) < 4.78 is 20.7. The van der Waals surface area contributed by atoms with Gasteiger partial charge in [-0.05, 0) is 14.1 Å². The van der Waals surface area contributed by atoms with Crippen LogP contribution in [-0.2, 0) is 10.0 Å². The van der Waals surface area contributed by atoms with Gasteiger partial charge < -0.3 is 10.0 Å². The first-order chi connectivity index (χ1) is 4.34. The predicted octanol–water partition coefficient (Wildman–Crippen LogP) is -1.85. The van der Waals surface area contributed by atoms with Gasteiger partial charge >= 0.3 is 0 Å². The van der Waals surface area contributed by atoms with Gasteiger partial charge in [0.2, 0.25) is 10.0 Å². The van der Waals surface area contributed by atoms with Gasteiger partial charge in [0.05, 0.1) is 0 Å². The highest BCUT2D eigenvalue weighted by molar-refractivity contribution is 7.89. The van der Waals surface area contributed by atoms with Crippen molar-refractivity contribution in [1.29, 1.82) is 0 Å². The molecule has 0 bridgehead atoms. The van der Waals surface area contributed by atoms with E-state index in [0.29, 0.717) is 0 Å². The van der Waals surface area contributed by atoms with E-state index in [1.165, 1.54) is 4.90 Å². The number of rotatable bonds is 3. The van der Waals surface area contributed by atoms with Crippen molar-refractivity contribution in [2.45, 2.75) is 5.44 Å². The summed E-state index contributed by atoms with van der Waals surface area (Å²) in [6.45, 7) is 0.0266. The molecule has 0 amide bonds. The van der Waals surface area contributed by atoms with Crippen LogP contribution in [0.3, 0.4) is 0 Å². The number of hydrogen-bond acceptors (Lipinski definition) is 4. The summed E-state index contributed by atoms with van der Waals surface area (Å²) in [6.07, 6.45) is 0. The molecule has 0 saturated carbocycles. The van der Waals surface area contributed by atoms with Crippen LogP contribution in [0.5, 0.6) is 0 Å². The molecular formula is C4H12N2O3S. The Labute approximate surface area is 60.5 Å². The van der Waals surface area contributed by atoms with Crippen LogP contribution in [-0.4, -0.2) is 44.5 Å². The molecule has 3 N–H and O–H groups in total. The first-order valence-electron chi connectivity index (χ1n) is 2.68. The Morgan fingerprint density at radius 3 is 2.10 bits per heavy atom. The summed E-state index contributed by atoms with van der Waals surface area (Å²) in [4.78, 5) is 1.54. The van der Waals surface area contributed by atoms with Gasteiger partial charge in [0, 0.05) is 6.54 Å². The second-order valence-corrected chi connectivity index (χ2v) is 4.03. The molecule has 1 unspecified atom stereocenters. The van der Waals surface area contributed by atoms with Crippen molar-refractivity contribution in [3.05, 3.63) is 0 Å². The number of nitrogens with two attached hydrogens (primary N) is 1. The summed E-state index contributed by atoms with van der Waals surface area (Å²) >= 11 is 0. The lowest BCUT2D eigenvalue weighted by atomic mass is 10.6. The summed E-state index contributed by atoms with van der Waals surface area (Å²) in [5.41, 5.74) is -1.48. The SMILES string of the molecule is CN(C)CC(O)S(N)(=O)=O. The lowest BCUT2D eigenvalue weighted by Gasteiger charge is -2.13. The second kappa shape index (κ2) is 3.29. The van der Waals surface area contributed by atoms with Gasteiger partial charge in [0.15, 0.2) is 5.44 Å². The van der Waals surface area contributed by atoms with Crippen molar-refractivity contribution in [1.82, 2.24) is 4.90 Å². The van der Waals surface area contributed by atoms with Crippen LogP contribution in [0.4, 0.5) is 0 Å². The molecule has 0 aromatic heterocycles. The van der Waals surface area contributed by atoms with Gasteiger partial charge in [0.25, 0.3) is 0 Å². The molecule has 10 heavy (non-hydrogen) atoms. The van der Waals surface area contributed by atoms with E-state index in [4.69, 9.17) is 5.11 Å². The molecule has 0 spiro atoms. The Bertz CT molecular complexity index is 187. The first kappa shape index (κ1) is 9.83. The molecule has 0 aliphatic rings. The molecule has 0 fully saturated rings. The van der Waals surface area contributed by atoms with Crippen LogP contribution in [0.2, 0.25) is 0 Å². The topological polar surface area (TPSA) is 83.6 Å². The van der Waals surface area contributed by atoms with E-state index in [1.807, 2.05) is 0 Å². The normalized spacial score (nSPS) is 15.7. The van der Waals surface area contributed by atoms with Crippen LogP contribution in [0.15, 0.2) is 0 Å². The van der Waals surface area contributed by atoms with Crippen molar-refractivity contribution in [2.75, 3.05) is 20.6 Å². The number of likely N-dealkylation sites (N-methyl/N-ethyl adjacent to an activating group) is 1. The van der Waals surface area contributed by atoms with E-state index in [-0.39, 0.29) is 6.54 Å². The minimum atomic E-state index is -3.78. The number of hydrogen-bond donors (Lipinski definition) is 2. The molecule has 0 rings (SSSR count). The van der Waals surface area contributed by atoms with Gasteiger partial charge in [-0.25, -0.2) is 13.6 Å². The van der Waals surface area contributed by atoms with Crippen LogP contribution in [0.25, 0.3) is 0 Å². The molecule has 0 saturated heterocycles. The van der Waals surface area contributed by atoms with E-state index >= 15 is 0 Å². The highest BCUT2D eigenvalue weighted by Crippen LogP contribution is 1.91.